The molecule has 3 N–H and O–H groups in total. The van der Waals surface area contributed by atoms with Crippen molar-refractivity contribution >= 4 is 10.9 Å². The highest BCUT2D eigenvalue weighted by Crippen LogP contribution is 2.37. The zero-order chi connectivity index (χ0) is 14.7. The van der Waals surface area contributed by atoms with Crippen molar-refractivity contribution in [2.45, 2.75) is 31.3 Å². The van der Waals surface area contributed by atoms with Gasteiger partial charge < -0.3 is 15.6 Å². The number of rotatable bonds is 5. The number of aromatic nitrogens is 1. The molecule has 2 unspecified atom stereocenters. The summed E-state index contributed by atoms with van der Waals surface area (Å²) in [6, 6.07) is 9.90. The van der Waals surface area contributed by atoms with Gasteiger partial charge in [-0.2, -0.15) is 0 Å². The summed E-state index contributed by atoms with van der Waals surface area (Å²) in [5.41, 5.74) is 5.91. The van der Waals surface area contributed by atoms with Crippen LogP contribution in [0.25, 0.3) is 10.9 Å². The lowest BCUT2D eigenvalue weighted by Gasteiger charge is -2.28. The highest BCUT2D eigenvalue weighted by molar-refractivity contribution is 5.84. The first-order chi connectivity index (χ1) is 10.2. The maximum atomic E-state index is 10.4. The summed E-state index contributed by atoms with van der Waals surface area (Å²) in [4.78, 5) is 4.38. The summed E-state index contributed by atoms with van der Waals surface area (Å²) in [6.07, 6.45) is 5.50. The lowest BCUT2D eigenvalue weighted by atomic mass is 9.88. The highest BCUT2D eigenvalue weighted by atomic mass is 16.5. The molecule has 1 aliphatic rings. The molecular formula is C17H22N2O2. The second-order valence-electron chi connectivity index (χ2n) is 5.87. The number of hydrogen-bond acceptors (Lipinski definition) is 4. The number of ether oxygens (including phenoxy) is 1. The fourth-order valence-electron chi connectivity index (χ4n) is 3.31. The van der Waals surface area contributed by atoms with E-state index < -0.39 is 5.60 Å². The largest absolute Gasteiger partial charge is 0.491 e. The molecule has 0 aliphatic heterocycles. The number of hydrogen-bond donors (Lipinski definition) is 2. The van der Waals surface area contributed by atoms with Crippen LogP contribution in [0.15, 0.2) is 36.5 Å². The van der Waals surface area contributed by atoms with Crippen LogP contribution in [0.5, 0.6) is 5.75 Å². The van der Waals surface area contributed by atoms with Gasteiger partial charge in [-0.1, -0.05) is 24.6 Å². The van der Waals surface area contributed by atoms with Crippen LogP contribution in [0.4, 0.5) is 0 Å². The van der Waals surface area contributed by atoms with Crippen molar-refractivity contribution in [3.8, 4) is 5.75 Å². The summed E-state index contributed by atoms with van der Waals surface area (Å²) in [5.74, 6) is 1.05. The molecule has 3 rings (SSSR count). The predicted molar refractivity (Wildman–Crippen MR) is 83.2 cm³/mol. The van der Waals surface area contributed by atoms with E-state index in [2.05, 4.69) is 4.98 Å². The third kappa shape index (κ3) is 2.87. The fourth-order valence-corrected chi connectivity index (χ4v) is 3.31. The molecule has 2 atom stereocenters. The van der Waals surface area contributed by atoms with Crippen molar-refractivity contribution < 1.29 is 9.84 Å². The summed E-state index contributed by atoms with van der Waals surface area (Å²) in [6.45, 7) is 0.927. The Labute approximate surface area is 124 Å². The molecular weight excluding hydrogens is 264 g/mol. The molecule has 21 heavy (non-hydrogen) atoms. The Bertz CT molecular complexity index is 611. The number of aliphatic hydroxyl groups is 1. The van der Waals surface area contributed by atoms with Crippen molar-refractivity contribution in [2.75, 3.05) is 13.2 Å². The van der Waals surface area contributed by atoms with Crippen LogP contribution in [0.1, 0.15) is 25.7 Å². The van der Waals surface area contributed by atoms with Crippen molar-refractivity contribution in [1.82, 2.24) is 4.98 Å². The smallest absolute Gasteiger partial charge is 0.145 e. The van der Waals surface area contributed by atoms with E-state index >= 15 is 0 Å². The summed E-state index contributed by atoms with van der Waals surface area (Å²) >= 11 is 0. The van der Waals surface area contributed by atoms with Gasteiger partial charge >= 0.3 is 0 Å². The van der Waals surface area contributed by atoms with Crippen molar-refractivity contribution in [3.63, 3.8) is 0 Å². The minimum atomic E-state index is -0.694. The molecule has 1 heterocycles. The van der Waals surface area contributed by atoms with E-state index in [0.717, 1.165) is 42.3 Å². The third-order valence-corrected chi connectivity index (χ3v) is 4.60. The summed E-state index contributed by atoms with van der Waals surface area (Å²) in [5, 5.41) is 11.5. The number of pyridine rings is 1. The molecule has 4 nitrogen and oxygen atoms in total. The van der Waals surface area contributed by atoms with Crippen molar-refractivity contribution in [3.05, 3.63) is 36.5 Å². The highest BCUT2D eigenvalue weighted by Gasteiger charge is 2.39. The normalized spacial score (nSPS) is 25.3. The maximum Gasteiger partial charge on any atom is 0.145 e. The molecule has 2 aromatic rings. The van der Waals surface area contributed by atoms with E-state index in [1.54, 1.807) is 6.20 Å². The van der Waals surface area contributed by atoms with Gasteiger partial charge in [0.15, 0.2) is 0 Å². The van der Waals surface area contributed by atoms with Crippen LogP contribution in [-0.4, -0.2) is 28.8 Å². The van der Waals surface area contributed by atoms with Gasteiger partial charge in [0.25, 0.3) is 0 Å². The zero-order valence-corrected chi connectivity index (χ0v) is 12.2. The zero-order valence-electron chi connectivity index (χ0n) is 12.2. The van der Waals surface area contributed by atoms with E-state index in [1.165, 1.54) is 0 Å². The Hall–Kier alpha value is -1.65. The first-order valence-corrected chi connectivity index (χ1v) is 7.62. The Balaban J connectivity index is 1.65. The molecule has 1 saturated carbocycles. The van der Waals surface area contributed by atoms with Crippen LogP contribution in [-0.2, 0) is 0 Å². The molecule has 112 valence electrons. The van der Waals surface area contributed by atoms with Gasteiger partial charge in [-0.05, 0) is 37.3 Å². The average Bonchev–Trinajstić information content (AvgIpc) is 2.89. The molecule has 1 aliphatic carbocycles. The number of fused-ring (bicyclic) bond motifs is 1. The summed E-state index contributed by atoms with van der Waals surface area (Å²) in [7, 11) is 0. The van der Waals surface area contributed by atoms with E-state index in [-0.39, 0.29) is 5.92 Å². The Morgan fingerprint density at radius 2 is 2.19 bits per heavy atom. The average molecular weight is 286 g/mol. The second-order valence-corrected chi connectivity index (χ2v) is 5.87. The van der Waals surface area contributed by atoms with Gasteiger partial charge in [0.2, 0.25) is 0 Å². The van der Waals surface area contributed by atoms with Gasteiger partial charge in [0, 0.05) is 18.1 Å². The molecule has 1 fully saturated rings. The minimum Gasteiger partial charge on any atom is -0.491 e. The summed E-state index contributed by atoms with van der Waals surface area (Å²) < 4.78 is 5.90. The van der Waals surface area contributed by atoms with Gasteiger partial charge in [0.05, 0.1) is 12.2 Å². The Morgan fingerprint density at radius 1 is 1.33 bits per heavy atom. The monoisotopic (exact) mass is 286 g/mol. The van der Waals surface area contributed by atoms with E-state index in [1.807, 2.05) is 30.3 Å². The number of nitrogens with zero attached hydrogens (tertiary/aromatic N) is 1. The molecule has 0 bridgehead atoms. The molecule has 0 saturated heterocycles. The number of para-hydroxylation sites is 1. The van der Waals surface area contributed by atoms with Gasteiger partial charge in [-0.25, -0.2) is 0 Å². The Kier molecular flexibility index (Phi) is 4.08. The fraction of sp³-hybridized carbons (Fsp3) is 0.471. The lowest BCUT2D eigenvalue weighted by molar-refractivity contribution is 0.00360. The predicted octanol–water partition coefficient (Wildman–Crippen LogP) is 2.49. The van der Waals surface area contributed by atoms with E-state index in [9.17, 15) is 5.11 Å². The molecule has 0 amide bonds. The Morgan fingerprint density at radius 3 is 3.05 bits per heavy atom. The molecule has 0 radical (unpaired) electrons. The SMILES string of the molecule is NCC1(O)CCCC1CCOc1cccc2cccnc12. The second kappa shape index (κ2) is 6.00. The topological polar surface area (TPSA) is 68.4 Å². The van der Waals surface area contributed by atoms with E-state index in [0.29, 0.717) is 13.2 Å². The van der Waals surface area contributed by atoms with Crippen LogP contribution < -0.4 is 10.5 Å². The minimum absolute atomic E-state index is 0.241. The molecule has 0 spiro atoms. The first-order valence-electron chi connectivity index (χ1n) is 7.62. The van der Waals surface area contributed by atoms with Crippen molar-refractivity contribution in [2.24, 2.45) is 11.7 Å². The van der Waals surface area contributed by atoms with E-state index in [4.69, 9.17) is 10.5 Å². The van der Waals surface area contributed by atoms with Crippen LogP contribution >= 0.6 is 0 Å². The lowest BCUT2D eigenvalue weighted by Crippen LogP contribution is -2.41. The quantitative estimate of drug-likeness (QED) is 0.886. The third-order valence-electron chi connectivity index (χ3n) is 4.60. The van der Waals surface area contributed by atoms with Gasteiger partial charge in [0.1, 0.15) is 11.3 Å². The molecule has 4 heteroatoms. The first kappa shape index (κ1) is 14.3. The standard InChI is InChI=1S/C17H22N2O2/c18-12-17(20)9-2-6-14(17)8-11-21-15-7-1-4-13-5-3-10-19-16(13)15/h1,3-5,7,10,14,20H,2,6,8-9,11-12,18H2. The van der Waals surface area contributed by atoms with Crippen LogP contribution in [0, 0.1) is 5.92 Å². The van der Waals surface area contributed by atoms with Crippen LogP contribution in [0.2, 0.25) is 0 Å². The molecule has 1 aromatic carbocycles. The maximum absolute atomic E-state index is 10.4. The van der Waals surface area contributed by atoms with Gasteiger partial charge in [-0.3, -0.25) is 4.98 Å². The van der Waals surface area contributed by atoms with Crippen molar-refractivity contribution in [1.29, 1.82) is 0 Å². The molecule has 1 aromatic heterocycles. The van der Waals surface area contributed by atoms with Crippen LogP contribution in [0.3, 0.4) is 0 Å². The number of benzene rings is 1. The number of nitrogens with two attached hydrogens (primary N) is 1. The van der Waals surface area contributed by atoms with Gasteiger partial charge in [-0.15, -0.1) is 0 Å².